The van der Waals surface area contributed by atoms with E-state index in [2.05, 4.69) is 0 Å². The van der Waals surface area contributed by atoms with Gasteiger partial charge in [0.1, 0.15) is 0 Å². The Morgan fingerprint density at radius 3 is 2.53 bits per heavy atom. The van der Waals surface area contributed by atoms with E-state index in [1.165, 1.54) is 0 Å². The van der Waals surface area contributed by atoms with Crippen LogP contribution in [0.25, 0.3) is 0 Å². The number of rotatable bonds is 5. The second-order valence-corrected chi connectivity index (χ2v) is 4.33. The Balaban J connectivity index is 2.37. The van der Waals surface area contributed by atoms with Crippen LogP contribution in [0.1, 0.15) is 19.3 Å². The van der Waals surface area contributed by atoms with Gasteiger partial charge in [0.15, 0.2) is 0 Å². The van der Waals surface area contributed by atoms with Crippen molar-refractivity contribution in [3.63, 3.8) is 0 Å². The maximum absolute atomic E-state index is 11.9. The predicted octanol–water partition coefficient (Wildman–Crippen LogP) is -0.327. The number of aliphatic carboxylic acids is 1. The van der Waals surface area contributed by atoms with Gasteiger partial charge in [0.25, 0.3) is 0 Å². The minimum Gasteiger partial charge on any atom is -0.481 e. The summed E-state index contributed by atoms with van der Waals surface area (Å²) in [6, 6.07) is -0.545. The first-order valence-corrected chi connectivity index (χ1v) is 5.82. The molecule has 0 aromatic carbocycles. The summed E-state index contributed by atoms with van der Waals surface area (Å²) >= 11 is 0. The van der Waals surface area contributed by atoms with Crippen LogP contribution in [-0.2, 0) is 14.3 Å². The van der Waals surface area contributed by atoms with Crippen molar-refractivity contribution >= 4 is 11.9 Å². The number of piperidine rings is 1. The third kappa shape index (κ3) is 3.98. The molecule has 1 heterocycles. The third-order valence-corrected chi connectivity index (χ3v) is 3.11. The van der Waals surface area contributed by atoms with Gasteiger partial charge in [-0.25, -0.2) is 0 Å². The number of carboxylic acids is 1. The van der Waals surface area contributed by atoms with Crippen LogP contribution in [-0.4, -0.2) is 54.7 Å². The fraction of sp³-hybridized carbons (Fsp3) is 0.818. The molecule has 1 saturated heterocycles. The van der Waals surface area contributed by atoms with Crippen molar-refractivity contribution in [1.82, 2.24) is 4.90 Å². The third-order valence-electron chi connectivity index (χ3n) is 3.11. The standard InChI is InChI=1S/C11H20N2O4/c1-17-7-4-9(12)10(14)13-5-2-8(3-6-13)11(15)16/h8-9H,2-7,12H2,1H3,(H,15,16). The lowest BCUT2D eigenvalue weighted by atomic mass is 9.96. The summed E-state index contributed by atoms with van der Waals surface area (Å²) in [7, 11) is 1.57. The van der Waals surface area contributed by atoms with Gasteiger partial charge in [-0.3, -0.25) is 9.59 Å². The van der Waals surface area contributed by atoms with E-state index in [9.17, 15) is 9.59 Å². The molecule has 0 spiro atoms. The first-order chi connectivity index (χ1) is 8.06. The van der Waals surface area contributed by atoms with E-state index < -0.39 is 12.0 Å². The summed E-state index contributed by atoms with van der Waals surface area (Å²) in [5.74, 6) is -1.21. The minimum atomic E-state index is -0.777. The molecule has 0 aromatic rings. The van der Waals surface area contributed by atoms with Crippen LogP contribution >= 0.6 is 0 Å². The fourth-order valence-electron chi connectivity index (χ4n) is 1.95. The van der Waals surface area contributed by atoms with Crippen molar-refractivity contribution in [2.24, 2.45) is 11.7 Å². The van der Waals surface area contributed by atoms with E-state index in [1.54, 1.807) is 12.0 Å². The van der Waals surface area contributed by atoms with Crippen molar-refractivity contribution in [3.8, 4) is 0 Å². The topological polar surface area (TPSA) is 92.9 Å². The Labute approximate surface area is 101 Å². The number of amides is 1. The molecular formula is C11H20N2O4. The van der Waals surface area contributed by atoms with Gasteiger partial charge in [-0.05, 0) is 19.3 Å². The number of nitrogens with zero attached hydrogens (tertiary/aromatic N) is 1. The molecule has 3 N–H and O–H groups in total. The Morgan fingerprint density at radius 1 is 1.47 bits per heavy atom. The Hall–Kier alpha value is -1.14. The molecule has 1 amide bonds. The van der Waals surface area contributed by atoms with Gasteiger partial charge in [0.05, 0.1) is 12.0 Å². The summed E-state index contributed by atoms with van der Waals surface area (Å²) < 4.78 is 4.87. The SMILES string of the molecule is COCCC(N)C(=O)N1CCC(C(=O)O)CC1. The number of hydrogen-bond donors (Lipinski definition) is 2. The van der Waals surface area contributed by atoms with Crippen molar-refractivity contribution in [2.75, 3.05) is 26.8 Å². The highest BCUT2D eigenvalue weighted by molar-refractivity contribution is 5.82. The Kier molecular flexibility index (Phi) is 5.37. The number of methoxy groups -OCH3 is 1. The molecule has 0 aliphatic carbocycles. The average molecular weight is 244 g/mol. The van der Waals surface area contributed by atoms with Gasteiger partial charge in [0.2, 0.25) is 5.91 Å². The molecular weight excluding hydrogens is 224 g/mol. The molecule has 1 fully saturated rings. The van der Waals surface area contributed by atoms with E-state index in [4.69, 9.17) is 15.6 Å². The number of carbonyl (C=O) groups is 2. The van der Waals surface area contributed by atoms with E-state index in [1.807, 2.05) is 0 Å². The van der Waals surface area contributed by atoms with Crippen molar-refractivity contribution < 1.29 is 19.4 Å². The highest BCUT2D eigenvalue weighted by atomic mass is 16.5. The Morgan fingerprint density at radius 2 is 2.06 bits per heavy atom. The van der Waals surface area contributed by atoms with Gasteiger partial charge in [-0.15, -0.1) is 0 Å². The second-order valence-electron chi connectivity index (χ2n) is 4.33. The molecule has 6 nitrogen and oxygen atoms in total. The number of hydrogen-bond acceptors (Lipinski definition) is 4. The van der Waals surface area contributed by atoms with Gasteiger partial charge in [-0.1, -0.05) is 0 Å². The van der Waals surface area contributed by atoms with Crippen molar-refractivity contribution in [3.05, 3.63) is 0 Å². The average Bonchev–Trinajstić information content (AvgIpc) is 2.35. The molecule has 98 valence electrons. The quantitative estimate of drug-likeness (QED) is 0.691. The molecule has 6 heteroatoms. The molecule has 1 rings (SSSR count). The lowest BCUT2D eigenvalue weighted by molar-refractivity contribution is -0.146. The summed E-state index contributed by atoms with van der Waals surface area (Å²) in [6.45, 7) is 1.42. The zero-order valence-electron chi connectivity index (χ0n) is 10.1. The predicted molar refractivity (Wildman–Crippen MR) is 61.4 cm³/mol. The lowest BCUT2D eigenvalue weighted by Crippen LogP contribution is -2.48. The normalized spacial score (nSPS) is 19.1. The molecule has 1 unspecified atom stereocenters. The summed E-state index contributed by atoms with van der Waals surface area (Å²) in [5, 5.41) is 8.84. The van der Waals surface area contributed by atoms with Gasteiger partial charge in [-0.2, -0.15) is 0 Å². The van der Waals surface area contributed by atoms with Crippen LogP contribution in [0.15, 0.2) is 0 Å². The van der Waals surface area contributed by atoms with Gasteiger partial charge in [0, 0.05) is 26.8 Å². The van der Waals surface area contributed by atoms with Gasteiger partial charge < -0.3 is 20.5 Å². The molecule has 0 saturated carbocycles. The highest BCUT2D eigenvalue weighted by Crippen LogP contribution is 2.17. The smallest absolute Gasteiger partial charge is 0.306 e. The van der Waals surface area contributed by atoms with Crippen molar-refractivity contribution in [2.45, 2.75) is 25.3 Å². The summed E-state index contributed by atoms with van der Waals surface area (Å²) in [4.78, 5) is 24.3. The molecule has 0 aromatic heterocycles. The highest BCUT2D eigenvalue weighted by Gasteiger charge is 2.28. The zero-order chi connectivity index (χ0) is 12.8. The zero-order valence-corrected chi connectivity index (χ0v) is 10.1. The van der Waals surface area contributed by atoms with Crippen molar-refractivity contribution in [1.29, 1.82) is 0 Å². The number of ether oxygens (including phenoxy) is 1. The Bertz CT molecular complexity index is 275. The molecule has 1 atom stereocenters. The second kappa shape index (κ2) is 6.56. The largest absolute Gasteiger partial charge is 0.481 e. The summed E-state index contributed by atoms with van der Waals surface area (Å²) in [5.41, 5.74) is 5.74. The number of likely N-dealkylation sites (tertiary alicyclic amines) is 1. The minimum absolute atomic E-state index is 0.106. The van der Waals surface area contributed by atoms with Gasteiger partial charge >= 0.3 is 5.97 Å². The molecule has 1 aliphatic rings. The van der Waals surface area contributed by atoms with Crippen LogP contribution in [0.3, 0.4) is 0 Å². The van der Waals surface area contributed by atoms with E-state index in [0.29, 0.717) is 39.0 Å². The van der Waals surface area contributed by atoms with Crippen LogP contribution < -0.4 is 5.73 Å². The first-order valence-electron chi connectivity index (χ1n) is 5.82. The molecule has 0 bridgehead atoms. The van der Waals surface area contributed by atoms with Crippen LogP contribution in [0, 0.1) is 5.92 Å². The van der Waals surface area contributed by atoms with Crippen LogP contribution in [0.5, 0.6) is 0 Å². The number of carbonyl (C=O) groups excluding carboxylic acids is 1. The first kappa shape index (κ1) is 13.9. The number of nitrogens with two attached hydrogens (primary N) is 1. The maximum Gasteiger partial charge on any atom is 0.306 e. The summed E-state index contributed by atoms with van der Waals surface area (Å²) in [6.07, 6.45) is 1.52. The fourth-order valence-corrected chi connectivity index (χ4v) is 1.95. The monoisotopic (exact) mass is 244 g/mol. The molecule has 0 radical (unpaired) electrons. The molecule has 17 heavy (non-hydrogen) atoms. The van der Waals surface area contributed by atoms with E-state index >= 15 is 0 Å². The van der Waals surface area contributed by atoms with E-state index in [0.717, 1.165) is 0 Å². The number of carboxylic acid groups (broad SMARTS) is 1. The maximum atomic E-state index is 11.9. The van der Waals surface area contributed by atoms with Crippen LogP contribution in [0.4, 0.5) is 0 Å². The molecule has 1 aliphatic heterocycles. The lowest BCUT2D eigenvalue weighted by Gasteiger charge is -2.31. The van der Waals surface area contributed by atoms with Crippen LogP contribution in [0.2, 0.25) is 0 Å². The van der Waals surface area contributed by atoms with E-state index in [-0.39, 0.29) is 11.8 Å².